The third-order valence-corrected chi connectivity index (χ3v) is 6.03. The van der Waals surface area contributed by atoms with Gasteiger partial charge in [-0.3, -0.25) is 14.5 Å². The number of aryl methyl sites for hydroxylation is 1. The molecule has 1 aliphatic rings. The summed E-state index contributed by atoms with van der Waals surface area (Å²) in [4.78, 5) is 28.1. The van der Waals surface area contributed by atoms with E-state index in [2.05, 4.69) is 0 Å². The van der Waals surface area contributed by atoms with E-state index in [0.29, 0.717) is 34.1 Å². The lowest BCUT2D eigenvalue weighted by Gasteiger charge is -2.26. The summed E-state index contributed by atoms with van der Waals surface area (Å²) in [5.41, 5.74) is 2.39. The fraction of sp³-hybridized carbons (Fsp3) is 0.241. The Kier molecular flexibility index (Phi) is 7.01. The van der Waals surface area contributed by atoms with Gasteiger partial charge in [-0.05, 0) is 86.5 Å². The molecule has 0 bridgehead atoms. The largest absolute Gasteiger partial charge is 0.507 e. The fourth-order valence-electron chi connectivity index (χ4n) is 4.34. The lowest BCUT2D eigenvalue weighted by molar-refractivity contribution is -0.132. The quantitative estimate of drug-likeness (QED) is 0.272. The van der Waals surface area contributed by atoms with Crippen molar-refractivity contribution < 1.29 is 28.9 Å². The highest BCUT2D eigenvalue weighted by atomic mass is 16.5. The Morgan fingerprint density at radius 2 is 1.53 bits per heavy atom. The number of hydrogen-bond donors (Lipinski definition) is 1. The third kappa shape index (κ3) is 4.64. The van der Waals surface area contributed by atoms with Gasteiger partial charge in [0.1, 0.15) is 23.0 Å². The number of carbonyl (C=O) groups is 2. The number of aliphatic hydroxyl groups excluding tert-OH is 1. The number of Topliss-reactive ketones (excluding diaryl/α,β-unsaturated/α-hetero) is 1. The Morgan fingerprint density at radius 1 is 0.889 bits per heavy atom. The number of anilines is 1. The highest BCUT2D eigenvalue weighted by Crippen LogP contribution is 2.43. The zero-order valence-corrected chi connectivity index (χ0v) is 20.9. The lowest BCUT2D eigenvalue weighted by atomic mass is 9.94. The van der Waals surface area contributed by atoms with Crippen molar-refractivity contribution in [3.63, 3.8) is 0 Å². The molecule has 0 spiro atoms. The lowest BCUT2D eigenvalue weighted by Crippen LogP contribution is -2.29. The summed E-state index contributed by atoms with van der Waals surface area (Å²) < 4.78 is 16.3. The smallest absolute Gasteiger partial charge is 0.300 e. The first kappa shape index (κ1) is 24.9. The molecule has 1 atom stereocenters. The van der Waals surface area contributed by atoms with Gasteiger partial charge in [0.15, 0.2) is 0 Å². The van der Waals surface area contributed by atoms with Crippen LogP contribution in [0.3, 0.4) is 0 Å². The standard InChI is InChI=1S/C29H29NO6/c1-17(2)36-23-13-9-21(10-14-23)30-26(19-6-11-22(34-4)12-7-19)25(28(32)29(30)33)27(31)20-8-15-24(35-5)18(3)16-20/h6-17,26,31H,1-5H3/b27-25-. The van der Waals surface area contributed by atoms with Crippen LogP contribution >= 0.6 is 0 Å². The number of rotatable bonds is 7. The van der Waals surface area contributed by atoms with Crippen LogP contribution in [-0.4, -0.2) is 37.1 Å². The molecule has 1 aliphatic heterocycles. The van der Waals surface area contributed by atoms with Crippen LogP contribution in [0.1, 0.15) is 36.6 Å². The number of aliphatic hydroxyl groups is 1. The van der Waals surface area contributed by atoms with Crippen molar-refractivity contribution in [3.05, 3.63) is 89.0 Å². The molecule has 0 aliphatic carbocycles. The molecule has 36 heavy (non-hydrogen) atoms. The van der Waals surface area contributed by atoms with E-state index in [1.54, 1.807) is 80.9 Å². The van der Waals surface area contributed by atoms with Crippen LogP contribution < -0.4 is 19.1 Å². The molecule has 1 unspecified atom stereocenters. The summed E-state index contributed by atoms with van der Waals surface area (Å²) in [7, 11) is 3.13. The molecule has 1 N–H and O–H groups in total. The summed E-state index contributed by atoms with van der Waals surface area (Å²) in [6.07, 6.45) is -0.00247. The average molecular weight is 488 g/mol. The molecule has 4 rings (SSSR count). The van der Waals surface area contributed by atoms with Gasteiger partial charge in [0.2, 0.25) is 0 Å². The second kappa shape index (κ2) is 10.2. The van der Waals surface area contributed by atoms with Gasteiger partial charge in [-0.25, -0.2) is 0 Å². The van der Waals surface area contributed by atoms with Crippen LogP contribution in [-0.2, 0) is 9.59 Å². The van der Waals surface area contributed by atoms with Crippen molar-refractivity contribution in [2.75, 3.05) is 19.1 Å². The molecule has 0 radical (unpaired) electrons. The minimum absolute atomic E-state index is 0.00247. The summed E-state index contributed by atoms with van der Waals surface area (Å²) in [6, 6.07) is 18.3. The van der Waals surface area contributed by atoms with Crippen LogP contribution in [0.25, 0.3) is 5.76 Å². The number of ketones is 1. The molecular weight excluding hydrogens is 458 g/mol. The van der Waals surface area contributed by atoms with Crippen molar-refractivity contribution in [2.45, 2.75) is 32.9 Å². The predicted octanol–water partition coefficient (Wildman–Crippen LogP) is 5.43. The predicted molar refractivity (Wildman–Crippen MR) is 138 cm³/mol. The minimum atomic E-state index is -0.838. The van der Waals surface area contributed by atoms with Crippen LogP contribution in [0.4, 0.5) is 5.69 Å². The first-order valence-corrected chi connectivity index (χ1v) is 11.6. The molecule has 0 aromatic heterocycles. The molecule has 1 heterocycles. The highest BCUT2D eigenvalue weighted by molar-refractivity contribution is 6.51. The summed E-state index contributed by atoms with van der Waals surface area (Å²) in [5.74, 6) is 0.214. The number of methoxy groups -OCH3 is 2. The molecule has 1 fully saturated rings. The van der Waals surface area contributed by atoms with Crippen molar-refractivity contribution in [2.24, 2.45) is 0 Å². The molecule has 7 heteroatoms. The molecular formula is C29H29NO6. The number of ether oxygens (including phenoxy) is 3. The van der Waals surface area contributed by atoms with Gasteiger partial charge in [-0.1, -0.05) is 12.1 Å². The van der Waals surface area contributed by atoms with Crippen molar-refractivity contribution in [1.29, 1.82) is 0 Å². The van der Waals surface area contributed by atoms with Gasteiger partial charge >= 0.3 is 0 Å². The zero-order chi connectivity index (χ0) is 26.0. The maximum absolute atomic E-state index is 13.3. The van der Waals surface area contributed by atoms with Crippen LogP contribution in [0, 0.1) is 6.92 Å². The number of carbonyl (C=O) groups excluding carboxylic acids is 2. The van der Waals surface area contributed by atoms with E-state index in [9.17, 15) is 14.7 Å². The normalized spacial score (nSPS) is 16.9. The summed E-state index contributed by atoms with van der Waals surface area (Å²) in [6.45, 7) is 5.70. The summed E-state index contributed by atoms with van der Waals surface area (Å²) >= 11 is 0. The number of hydrogen-bond acceptors (Lipinski definition) is 6. The van der Waals surface area contributed by atoms with Gasteiger partial charge < -0.3 is 19.3 Å². The molecule has 3 aromatic rings. The molecule has 0 saturated carbocycles. The Hall–Kier alpha value is -4.26. The van der Waals surface area contributed by atoms with Crippen molar-refractivity contribution in [1.82, 2.24) is 0 Å². The van der Waals surface area contributed by atoms with Gasteiger partial charge in [0, 0.05) is 11.3 Å². The van der Waals surface area contributed by atoms with Crippen LogP contribution in [0.5, 0.6) is 17.2 Å². The maximum atomic E-state index is 13.3. The SMILES string of the molecule is COc1ccc(C2/C(=C(/O)c3ccc(OC)c(C)c3)C(=O)C(=O)N2c2ccc(OC(C)C)cc2)cc1. The van der Waals surface area contributed by atoms with Gasteiger partial charge in [-0.2, -0.15) is 0 Å². The third-order valence-electron chi connectivity index (χ3n) is 6.03. The molecule has 3 aromatic carbocycles. The monoisotopic (exact) mass is 487 g/mol. The fourth-order valence-corrected chi connectivity index (χ4v) is 4.34. The Labute approximate surface area is 210 Å². The molecule has 1 amide bonds. The Bertz CT molecular complexity index is 1310. The summed E-state index contributed by atoms with van der Waals surface area (Å²) in [5, 5.41) is 11.3. The average Bonchev–Trinajstić information content (AvgIpc) is 3.14. The maximum Gasteiger partial charge on any atom is 0.300 e. The van der Waals surface area contributed by atoms with Gasteiger partial charge in [-0.15, -0.1) is 0 Å². The second-order valence-corrected chi connectivity index (χ2v) is 8.79. The van der Waals surface area contributed by atoms with Crippen LogP contribution in [0.15, 0.2) is 72.3 Å². The number of nitrogens with zero attached hydrogens (tertiary/aromatic N) is 1. The van der Waals surface area contributed by atoms with E-state index in [1.807, 2.05) is 20.8 Å². The zero-order valence-electron chi connectivity index (χ0n) is 20.9. The second-order valence-electron chi connectivity index (χ2n) is 8.79. The van der Waals surface area contributed by atoms with E-state index >= 15 is 0 Å². The van der Waals surface area contributed by atoms with Gasteiger partial charge in [0.05, 0.1) is 31.9 Å². The minimum Gasteiger partial charge on any atom is -0.507 e. The molecule has 186 valence electrons. The molecule has 1 saturated heterocycles. The number of amides is 1. The Morgan fingerprint density at radius 3 is 2.08 bits per heavy atom. The first-order chi connectivity index (χ1) is 17.2. The van der Waals surface area contributed by atoms with E-state index in [0.717, 1.165) is 5.56 Å². The number of benzene rings is 3. The van der Waals surface area contributed by atoms with Crippen molar-refractivity contribution in [3.8, 4) is 17.2 Å². The topological polar surface area (TPSA) is 85.3 Å². The Balaban J connectivity index is 1.87. The highest BCUT2D eigenvalue weighted by Gasteiger charge is 2.47. The van der Waals surface area contributed by atoms with Crippen LogP contribution in [0.2, 0.25) is 0 Å². The van der Waals surface area contributed by atoms with E-state index in [1.165, 1.54) is 4.90 Å². The van der Waals surface area contributed by atoms with E-state index in [-0.39, 0.29) is 17.4 Å². The van der Waals surface area contributed by atoms with Gasteiger partial charge in [0.25, 0.3) is 11.7 Å². The first-order valence-electron chi connectivity index (χ1n) is 11.6. The van der Waals surface area contributed by atoms with Crippen molar-refractivity contribution >= 4 is 23.1 Å². The van der Waals surface area contributed by atoms with E-state index in [4.69, 9.17) is 14.2 Å². The van der Waals surface area contributed by atoms with E-state index < -0.39 is 17.7 Å². The molecule has 7 nitrogen and oxygen atoms in total.